The van der Waals surface area contributed by atoms with Crippen molar-refractivity contribution in [1.29, 1.82) is 0 Å². The number of para-hydroxylation sites is 1. The quantitative estimate of drug-likeness (QED) is 0.525. The third kappa shape index (κ3) is 3.08. The SMILES string of the molecule is Cc1c(C(=O)Nc2nc3ccc(Br)cc3s2)cnn1-c1ccccc1. The molecule has 4 rings (SSSR count). The molecule has 2 aromatic heterocycles. The van der Waals surface area contributed by atoms with Crippen LogP contribution in [-0.2, 0) is 0 Å². The first kappa shape index (κ1) is 16.0. The van der Waals surface area contributed by atoms with Crippen molar-refractivity contribution >= 4 is 48.5 Å². The Hall–Kier alpha value is -2.51. The van der Waals surface area contributed by atoms with E-state index >= 15 is 0 Å². The zero-order valence-corrected chi connectivity index (χ0v) is 15.6. The van der Waals surface area contributed by atoms with Crippen molar-refractivity contribution < 1.29 is 4.79 Å². The number of benzene rings is 2. The molecule has 25 heavy (non-hydrogen) atoms. The van der Waals surface area contributed by atoms with E-state index in [1.165, 1.54) is 11.3 Å². The molecule has 0 radical (unpaired) electrons. The number of carbonyl (C=O) groups excluding carboxylic acids is 1. The van der Waals surface area contributed by atoms with Gasteiger partial charge in [-0.1, -0.05) is 45.5 Å². The number of hydrogen-bond donors (Lipinski definition) is 1. The lowest BCUT2D eigenvalue weighted by Crippen LogP contribution is -2.12. The van der Waals surface area contributed by atoms with Crippen LogP contribution >= 0.6 is 27.3 Å². The van der Waals surface area contributed by atoms with Gasteiger partial charge >= 0.3 is 0 Å². The molecule has 0 aliphatic carbocycles. The molecule has 0 fully saturated rings. The van der Waals surface area contributed by atoms with Crippen LogP contribution < -0.4 is 5.32 Å². The van der Waals surface area contributed by atoms with E-state index in [1.807, 2.05) is 55.5 Å². The second-order valence-corrected chi connectivity index (χ2v) is 7.42. The second kappa shape index (κ2) is 6.42. The Labute approximate surface area is 156 Å². The molecule has 0 spiro atoms. The summed E-state index contributed by atoms with van der Waals surface area (Å²) in [5, 5.41) is 7.78. The Morgan fingerprint density at radius 2 is 2.00 bits per heavy atom. The number of nitrogens with zero attached hydrogens (tertiary/aromatic N) is 3. The van der Waals surface area contributed by atoms with Crippen LogP contribution in [0.5, 0.6) is 0 Å². The number of fused-ring (bicyclic) bond motifs is 1. The standard InChI is InChI=1S/C18H13BrN4OS/c1-11-14(10-20-23(11)13-5-3-2-4-6-13)17(24)22-18-21-15-8-7-12(19)9-16(15)25-18/h2-10H,1H3,(H,21,22,24). The molecule has 0 saturated carbocycles. The monoisotopic (exact) mass is 412 g/mol. The summed E-state index contributed by atoms with van der Waals surface area (Å²) in [6, 6.07) is 15.6. The maximum Gasteiger partial charge on any atom is 0.260 e. The maximum atomic E-state index is 12.6. The van der Waals surface area contributed by atoms with Gasteiger partial charge in [-0.05, 0) is 37.3 Å². The molecule has 1 amide bonds. The predicted molar refractivity (Wildman–Crippen MR) is 104 cm³/mol. The number of anilines is 1. The normalized spacial score (nSPS) is 11.0. The van der Waals surface area contributed by atoms with E-state index in [2.05, 4.69) is 31.3 Å². The molecule has 2 heterocycles. The molecule has 124 valence electrons. The van der Waals surface area contributed by atoms with Gasteiger partial charge < -0.3 is 0 Å². The van der Waals surface area contributed by atoms with Gasteiger partial charge in [-0.3, -0.25) is 10.1 Å². The van der Waals surface area contributed by atoms with E-state index in [4.69, 9.17) is 0 Å². The molecular weight excluding hydrogens is 400 g/mol. The number of nitrogens with one attached hydrogen (secondary N) is 1. The van der Waals surface area contributed by atoms with Gasteiger partial charge in [0, 0.05) is 4.47 Å². The summed E-state index contributed by atoms with van der Waals surface area (Å²) in [5.74, 6) is -0.210. The molecule has 7 heteroatoms. The van der Waals surface area contributed by atoms with Crippen molar-refractivity contribution in [2.24, 2.45) is 0 Å². The fourth-order valence-electron chi connectivity index (χ4n) is 2.58. The number of aromatic nitrogens is 3. The van der Waals surface area contributed by atoms with Crippen LogP contribution in [0.25, 0.3) is 15.9 Å². The Bertz CT molecular complexity index is 1070. The zero-order valence-electron chi connectivity index (χ0n) is 13.2. The molecule has 0 aliphatic rings. The molecule has 1 N–H and O–H groups in total. The van der Waals surface area contributed by atoms with Crippen molar-refractivity contribution in [3.63, 3.8) is 0 Å². The van der Waals surface area contributed by atoms with Crippen LogP contribution in [0.4, 0.5) is 5.13 Å². The second-order valence-electron chi connectivity index (χ2n) is 5.48. The highest BCUT2D eigenvalue weighted by molar-refractivity contribution is 9.10. The first-order valence-electron chi connectivity index (χ1n) is 7.59. The largest absolute Gasteiger partial charge is 0.298 e. The fourth-order valence-corrected chi connectivity index (χ4v) is 3.99. The van der Waals surface area contributed by atoms with E-state index in [0.717, 1.165) is 26.1 Å². The minimum absolute atomic E-state index is 0.210. The summed E-state index contributed by atoms with van der Waals surface area (Å²) < 4.78 is 3.76. The summed E-state index contributed by atoms with van der Waals surface area (Å²) in [4.78, 5) is 17.1. The first-order valence-corrected chi connectivity index (χ1v) is 9.20. The average Bonchev–Trinajstić information content (AvgIpc) is 3.18. The van der Waals surface area contributed by atoms with Crippen LogP contribution in [0.15, 0.2) is 59.2 Å². The Balaban J connectivity index is 1.61. The molecule has 0 saturated heterocycles. The van der Waals surface area contributed by atoms with E-state index in [0.29, 0.717) is 10.7 Å². The Morgan fingerprint density at radius 3 is 2.80 bits per heavy atom. The third-order valence-electron chi connectivity index (χ3n) is 3.83. The van der Waals surface area contributed by atoms with Gasteiger partial charge in [0.2, 0.25) is 0 Å². The molecule has 0 unspecified atom stereocenters. The van der Waals surface area contributed by atoms with Gasteiger partial charge in [-0.15, -0.1) is 0 Å². The van der Waals surface area contributed by atoms with E-state index in [1.54, 1.807) is 10.9 Å². The smallest absolute Gasteiger partial charge is 0.260 e. The van der Waals surface area contributed by atoms with Crippen LogP contribution in [0, 0.1) is 6.92 Å². The van der Waals surface area contributed by atoms with Gasteiger partial charge in [0.05, 0.1) is 33.4 Å². The van der Waals surface area contributed by atoms with Gasteiger partial charge in [0.15, 0.2) is 5.13 Å². The van der Waals surface area contributed by atoms with Crippen molar-refractivity contribution in [2.75, 3.05) is 5.32 Å². The van der Waals surface area contributed by atoms with E-state index in [-0.39, 0.29) is 5.91 Å². The van der Waals surface area contributed by atoms with Crippen molar-refractivity contribution in [3.05, 3.63) is 70.5 Å². The predicted octanol–water partition coefficient (Wildman–Crippen LogP) is 4.81. The zero-order chi connectivity index (χ0) is 17.4. The highest BCUT2D eigenvalue weighted by atomic mass is 79.9. The van der Waals surface area contributed by atoms with Crippen LogP contribution in [0.2, 0.25) is 0 Å². The summed E-state index contributed by atoms with van der Waals surface area (Å²) in [6.07, 6.45) is 1.58. The van der Waals surface area contributed by atoms with Crippen molar-refractivity contribution in [1.82, 2.24) is 14.8 Å². The lowest BCUT2D eigenvalue weighted by Gasteiger charge is -2.05. The minimum Gasteiger partial charge on any atom is -0.298 e. The molecule has 5 nitrogen and oxygen atoms in total. The van der Waals surface area contributed by atoms with Gasteiger partial charge in [0.1, 0.15) is 0 Å². The number of carbonyl (C=O) groups is 1. The number of rotatable bonds is 3. The average molecular weight is 413 g/mol. The molecule has 2 aromatic carbocycles. The summed E-state index contributed by atoms with van der Waals surface area (Å²) >= 11 is 4.89. The highest BCUT2D eigenvalue weighted by Gasteiger charge is 2.16. The molecule has 0 bridgehead atoms. The minimum atomic E-state index is -0.210. The van der Waals surface area contributed by atoms with Gasteiger partial charge in [0.25, 0.3) is 5.91 Å². The topological polar surface area (TPSA) is 59.8 Å². The molecule has 0 aliphatic heterocycles. The van der Waals surface area contributed by atoms with E-state index < -0.39 is 0 Å². The van der Waals surface area contributed by atoms with Crippen LogP contribution in [0.3, 0.4) is 0 Å². The summed E-state index contributed by atoms with van der Waals surface area (Å²) in [6.45, 7) is 1.88. The molecule has 4 aromatic rings. The molecule has 0 atom stereocenters. The van der Waals surface area contributed by atoms with Crippen molar-refractivity contribution in [3.8, 4) is 5.69 Å². The summed E-state index contributed by atoms with van der Waals surface area (Å²) in [5.41, 5.74) is 3.10. The third-order valence-corrected chi connectivity index (χ3v) is 5.25. The Morgan fingerprint density at radius 1 is 1.20 bits per heavy atom. The first-order chi connectivity index (χ1) is 12.1. The summed E-state index contributed by atoms with van der Waals surface area (Å²) in [7, 11) is 0. The van der Waals surface area contributed by atoms with Gasteiger partial charge in [-0.2, -0.15) is 5.10 Å². The van der Waals surface area contributed by atoms with Crippen LogP contribution in [-0.4, -0.2) is 20.7 Å². The van der Waals surface area contributed by atoms with Crippen LogP contribution in [0.1, 0.15) is 16.1 Å². The fraction of sp³-hybridized carbons (Fsp3) is 0.0556. The number of amides is 1. The molecular formula is C18H13BrN4OS. The van der Waals surface area contributed by atoms with Gasteiger partial charge in [-0.25, -0.2) is 9.67 Å². The van der Waals surface area contributed by atoms with E-state index in [9.17, 15) is 4.79 Å². The number of thiazole rings is 1. The number of hydrogen-bond acceptors (Lipinski definition) is 4. The highest BCUT2D eigenvalue weighted by Crippen LogP contribution is 2.29. The maximum absolute atomic E-state index is 12.6. The number of halogens is 1. The van der Waals surface area contributed by atoms with Crippen molar-refractivity contribution in [2.45, 2.75) is 6.92 Å². The lowest BCUT2D eigenvalue weighted by atomic mass is 10.2. The Kier molecular flexibility index (Phi) is 4.10. The lowest BCUT2D eigenvalue weighted by molar-refractivity contribution is 0.102.